The number of carbonyl (C=O) groups is 1. The molecule has 0 aliphatic heterocycles. The average Bonchev–Trinajstić information content (AvgIpc) is 2.96. The molecule has 0 saturated heterocycles. The highest BCUT2D eigenvalue weighted by atomic mass is 32.1. The van der Waals surface area contributed by atoms with Crippen LogP contribution in [-0.4, -0.2) is 12.9 Å². The van der Waals surface area contributed by atoms with Gasteiger partial charge >= 0.3 is 0 Å². The van der Waals surface area contributed by atoms with Crippen LogP contribution in [0.5, 0.6) is 5.75 Å². The molecule has 100 valence electrons. The van der Waals surface area contributed by atoms with Crippen molar-refractivity contribution in [1.82, 2.24) is 0 Å². The molecular formula is C17H14O2S. The molecule has 3 aromatic rings. The third kappa shape index (κ3) is 2.32. The van der Waals surface area contributed by atoms with Crippen LogP contribution in [0.25, 0.3) is 10.1 Å². The maximum atomic E-state index is 12.5. The topological polar surface area (TPSA) is 26.3 Å². The van der Waals surface area contributed by atoms with E-state index in [-0.39, 0.29) is 5.78 Å². The first-order valence-electron chi connectivity index (χ1n) is 6.41. The third-order valence-corrected chi connectivity index (χ3v) is 4.29. The van der Waals surface area contributed by atoms with Crippen molar-refractivity contribution in [2.75, 3.05) is 7.11 Å². The van der Waals surface area contributed by atoms with Crippen LogP contribution in [0.2, 0.25) is 0 Å². The van der Waals surface area contributed by atoms with Crippen LogP contribution in [0, 0.1) is 0 Å². The van der Waals surface area contributed by atoms with E-state index < -0.39 is 0 Å². The lowest BCUT2D eigenvalue weighted by atomic mass is 10.0. The molecule has 1 aromatic heterocycles. The van der Waals surface area contributed by atoms with Gasteiger partial charge in [-0.1, -0.05) is 30.3 Å². The van der Waals surface area contributed by atoms with Crippen LogP contribution < -0.4 is 4.74 Å². The minimum absolute atomic E-state index is 0.127. The number of para-hydroxylation sites is 1. The number of carbonyl (C=O) groups excluding carboxylic acids is 1. The van der Waals surface area contributed by atoms with Crippen molar-refractivity contribution in [1.29, 1.82) is 0 Å². The standard InChI is InChI=1S/C17H14O2S/c1-19-16-8-3-2-5-13(16)11-15(18)14-7-4-6-12-9-10-20-17(12)14/h2-10H,11H2,1H3. The molecule has 3 heteroatoms. The van der Waals surface area contributed by atoms with E-state index in [0.717, 1.165) is 27.0 Å². The number of hydrogen-bond acceptors (Lipinski definition) is 3. The second-order valence-corrected chi connectivity index (χ2v) is 5.47. The molecule has 0 aliphatic carbocycles. The normalized spacial score (nSPS) is 10.7. The van der Waals surface area contributed by atoms with Crippen LogP contribution in [-0.2, 0) is 6.42 Å². The maximum Gasteiger partial charge on any atom is 0.168 e. The van der Waals surface area contributed by atoms with Gasteiger partial charge in [-0.25, -0.2) is 0 Å². The SMILES string of the molecule is COc1ccccc1CC(=O)c1cccc2ccsc12. The molecule has 20 heavy (non-hydrogen) atoms. The van der Waals surface area contributed by atoms with Crippen LogP contribution in [0.4, 0.5) is 0 Å². The highest BCUT2D eigenvalue weighted by Crippen LogP contribution is 2.27. The Morgan fingerprint density at radius 3 is 2.80 bits per heavy atom. The van der Waals surface area contributed by atoms with Crippen molar-refractivity contribution in [2.45, 2.75) is 6.42 Å². The molecule has 0 aliphatic rings. The van der Waals surface area contributed by atoms with Crippen LogP contribution in [0.3, 0.4) is 0 Å². The molecule has 0 unspecified atom stereocenters. The van der Waals surface area contributed by atoms with Gasteiger partial charge in [-0.2, -0.15) is 0 Å². The highest BCUT2D eigenvalue weighted by molar-refractivity contribution is 7.17. The second-order valence-electron chi connectivity index (χ2n) is 4.56. The Kier molecular flexibility index (Phi) is 3.52. The predicted octanol–water partition coefficient (Wildman–Crippen LogP) is 4.34. The van der Waals surface area contributed by atoms with Crippen LogP contribution in [0.15, 0.2) is 53.9 Å². The van der Waals surface area contributed by atoms with Gasteiger partial charge in [0, 0.05) is 22.2 Å². The van der Waals surface area contributed by atoms with Gasteiger partial charge in [-0.3, -0.25) is 4.79 Å². The zero-order valence-electron chi connectivity index (χ0n) is 11.1. The molecule has 0 bridgehead atoms. The summed E-state index contributed by atoms with van der Waals surface area (Å²) in [6.45, 7) is 0. The largest absolute Gasteiger partial charge is 0.496 e. The second kappa shape index (κ2) is 5.47. The molecule has 2 nitrogen and oxygen atoms in total. The van der Waals surface area contributed by atoms with E-state index >= 15 is 0 Å². The van der Waals surface area contributed by atoms with Crippen molar-refractivity contribution in [3.63, 3.8) is 0 Å². The van der Waals surface area contributed by atoms with Gasteiger partial charge < -0.3 is 4.74 Å². The summed E-state index contributed by atoms with van der Waals surface area (Å²) < 4.78 is 6.37. The van der Waals surface area contributed by atoms with Crippen LogP contribution >= 0.6 is 11.3 Å². The molecule has 0 amide bonds. The molecule has 0 spiro atoms. The first-order chi connectivity index (χ1) is 9.79. The third-order valence-electron chi connectivity index (χ3n) is 3.32. The van der Waals surface area contributed by atoms with E-state index in [9.17, 15) is 4.79 Å². The Morgan fingerprint density at radius 2 is 1.95 bits per heavy atom. The molecule has 0 atom stereocenters. The molecule has 0 fully saturated rings. The maximum absolute atomic E-state index is 12.5. The van der Waals surface area contributed by atoms with Gasteiger partial charge in [0.15, 0.2) is 5.78 Å². The molecule has 3 rings (SSSR count). The summed E-state index contributed by atoms with van der Waals surface area (Å²) in [4.78, 5) is 12.5. The molecule has 0 N–H and O–H groups in total. The van der Waals surface area contributed by atoms with Gasteiger partial charge in [0.05, 0.1) is 7.11 Å². The molecule has 2 aromatic carbocycles. The summed E-state index contributed by atoms with van der Waals surface area (Å²) >= 11 is 1.61. The van der Waals surface area contributed by atoms with Crippen LogP contribution in [0.1, 0.15) is 15.9 Å². The van der Waals surface area contributed by atoms with E-state index in [1.165, 1.54) is 0 Å². The molecular weight excluding hydrogens is 268 g/mol. The fraction of sp³-hybridized carbons (Fsp3) is 0.118. The fourth-order valence-corrected chi connectivity index (χ4v) is 3.26. The van der Waals surface area contributed by atoms with E-state index in [1.54, 1.807) is 18.4 Å². The van der Waals surface area contributed by atoms with E-state index in [1.807, 2.05) is 53.9 Å². The first kappa shape index (κ1) is 12.9. The number of ether oxygens (including phenoxy) is 1. The first-order valence-corrected chi connectivity index (χ1v) is 7.29. The Morgan fingerprint density at radius 1 is 1.10 bits per heavy atom. The van der Waals surface area contributed by atoms with Gasteiger partial charge in [0.2, 0.25) is 0 Å². The quantitative estimate of drug-likeness (QED) is 0.666. The summed E-state index contributed by atoms with van der Waals surface area (Å²) in [7, 11) is 1.63. The number of thiophene rings is 1. The minimum atomic E-state index is 0.127. The number of methoxy groups -OCH3 is 1. The Hall–Kier alpha value is -2.13. The number of hydrogen-bond donors (Lipinski definition) is 0. The minimum Gasteiger partial charge on any atom is -0.496 e. The lowest BCUT2D eigenvalue weighted by Gasteiger charge is -2.08. The smallest absolute Gasteiger partial charge is 0.168 e. The number of benzene rings is 2. The van der Waals surface area contributed by atoms with Crippen molar-refractivity contribution in [3.8, 4) is 5.75 Å². The zero-order valence-corrected chi connectivity index (χ0v) is 11.9. The monoisotopic (exact) mass is 282 g/mol. The Labute approximate surface area is 121 Å². The molecule has 0 saturated carbocycles. The summed E-state index contributed by atoms with van der Waals surface area (Å²) in [6, 6.07) is 15.6. The van der Waals surface area contributed by atoms with Crippen molar-refractivity contribution >= 4 is 27.2 Å². The zero-order chi connectivity index (χ0) is 13.9. The van der Waals surface area contributed by atoms with Crippen molar-refractivity contribution in [3.05, 3.63) is 65.0 Å². The van der Waals surface area contributed by atoms with Gasteiger partial charge in [-0.15, -0.1) is 11.3 Å². The number of rotatable bonds is 4. The highest BCUT2D eigenvalue weighted by Gasteiger charge is 2.13. The summed E-state index contributed by atoms with van der Waals surface area (Å²) in [5.41, 5.74) is 1.72. The molecule has 1 heterocycles. The lowest BCUT2D eigenvalue weighted by Crippen LogP contribution is -2.05. The summed E-state index contributed by atoms with van der Waals surface area (Å²) in [5, 5.41) is 3.14. The van der Waals surface area contributed by atoms with E-state index in [0.29, 0.717) is 6.42 Å². The Bertz CT molecular complexity index is 758. The number of Topliss-reactive ketones (excluding diaryl/α,β-unsaturated/α-hetero) is 1. The van der Waals surface area contributed by atoms with Gasteiger partial charge in [0.1, 0.15) is 5.75 Å². The fourth-order valence-electron chi connectivity index (χ4n) is 2.33. The summed E-state index contributed by atoms with van der Waals surface area (Å²) in [5.74, 6) is 0.891. The van der Waals surface area contributed by atoms with Gasteiger partial charge in [-0.05, 0) is 29.0 Å². The van der Waals surface area contributed by atoms with Crippen molar-refractivity contribution < 1.29 is 9.53 Å². The molecule has 0 radical (unpaired) electrons. The van der Waals surface area contributed by atoms with E-state index in [4.69, 9.17) is 4.74 Å². The van der Waals surface area contributed by atoms with Gasteiger partial charge in [0.25, 0.3) is 0 Å². The van der Waals surface area contributed by atoms with Crippen molar-refractivity contribution in [2.24, 2.45) is 0 Å². The number of ketones is 1. The summed E-state index contributed by atoms with van der Waals surface area (Å²) in [6.07, 6.45) is 0.362. The lowest BCUT2D eigenvalue weighted by molar-refractivity contribution is 0.0994. The van der Waals surface area contributed by atoms with E-state index in [2.05, 4.69) is 0 Å². The average molecular weight is 282 g/mol. The number of fused-ring (bicyclic) bond motifs is 1. The predicted molar refractivity (Wildman–Crippen MR) is 82.9 cm³/mol. The Balaban J connectivity index is 1.95.